The predicted molar refractivity (Wildman–Crippen MR) is 55.4 cm³/mol. The Morgan fingerprint density at radius 3 is 2.43 bits per heavy atom. The van der Waals surface area contributed by atoms with Crippen LogP contribution in [-0.2, 0) is 4.84 Å². The molecule has 1 aromatic carbocycles. The fourth-order valence-corrected chi connectivity index (χ4v) is 1.11. The fraction of sp³-hybridized carbons (Fsp3) is 0.222. The van der Waals surface area contributed by atoms with E-state index in [-0.39, 0.29) is 6.03 Å². The SMILES string of the molecule is CNC(=O)N(OC)c1ccc(Cl)cc1. The highest BCUT2D eigenvalue weighted by atomic mass is 35.5. The van der Waals surface area contributed by atoms with Gasteiger partial charge in [-0.25, -0.2) is 4.79 Å². The second kappa shape index (κ2) is 4.83. The summed E-state index contributed by atoms with van der Waals surface area (Å²) >= 11 is 5.71. The first-order valence-electron chi connectivity index (χ1n) is 4.00. The number of hydrogen-bond acceptors (Lipinski definition) is 2. The molecule has 14 heavy (non-hydrogen) atoms. The smallest absolute Gasteiger partial charge is 0.339 e. The molecule has 5 heteroatoms. The molecule has 0 fully saturated rings. The summed E-state index contributed by atoms with van der Waals surface area (Å²) in [5, 5.41) is 4.21. The summed E-state index contributed by atoms with van der Waals surface area (Å²) in [6.45, 7) is 0. The third kappa shape index (κ3) is 2.37. The number of carbonyl (C=O) groups excluding carboxylic acids is 1. The molecule has 0 atom stereocenters. The van der Waals surface area contributed by atoms with Crippen LogP contribution >= 0.6 is 11.6 Å². The first-order valence-corrected chi connectivity index (χ1v) is 4.38. The quantitative estimate of drug-likeness (QED) is 0.766. The Labute approximate surface area is 87.4 Å². The van der Waals surface area contributed by atoms with Gasteiger partial charge in [-0.3, -0.25) is 4.84 Å². The van der Waals surface area contributed by atoms with Crippen molar-refractivity contribution in [1.82, 2.24) is 5.32 Å². The van der Waals surface area contributed by atoms with E-state index in [1.807, 2.05) is 0 Å². The van der Waals surface area contributed by atoms with Gasteiger partial charge in [0, 0.05) is 12.1 Å². The van der Waals surface area contributed by atoms with Gasteiger partial charge in [0.15, 0.2) is 0 Å². The second-order valence-electron chi connectivity index (χ2n) is 2.51. The molecule has 2 amide bonds. The molecule has 0 saturated carbocycles. The van der Waals surface area contributed by atoms with E-state index >= 15 is 0 Å². The van der Waals surface area contributed by atoms with Crippen LogP contribution in [0.25, 0.3) is 0 Å². The molecule has 0 aliphatic carbocycles. The van der Waals surface area contributed by atoms with Gasteiger partial charge in [-0.15, -0.1) is 0 Å². The number of hydroxylamine groups is 1. The highest BCUT2D eigenvalue weighted by Crippen LogP contribution is 2.17. The number of urea groups is 1. The van der Waals surface area contributed by atoms with Gasteiger partial charge >= 0.3 is 6.03 Å². The number of hydrogen-bond donors (Lipinski definition) is 1. The topological polar surface area (TPSA) is 41.6 Å². The van der Waals surface area contributed by atoms with Crippen LogP contribution in [0.2, 0.25) is 5.02 Å². The Hall–Kier alpha value is -1.26. The van der Waals surface area contributed by atoms with E-state index in [1.165, 1.54) is 14.2 Å². The summed E-state index contributed by atoms with van der Waals surface area (Å²) < 4.78 is 0. The number of anilines is 1. The summed E-state index contributed by atoms with van der Waals surface area (Å²) in [5.41, 5.74) is 0.622. The molecule has 1 aromatic rings. The first kappa shape index (κ1) is 10.8. The van der Waals surface area contributed by atoms with Crippen molar-refractivity contribution in [3.05, 3.63) is 29.3 Å². The molecule has 1 N–H and O–H groups in total. The molecule has 0 unspecified atom stereocenters. The largest absolute Gasteiger partial charge is 0.345 e. The molecule has 0 aliphatic heterocycles. The monoisotopic (exact) mass is 214 g/mol. The lowest BCUT2D eigenvalue weighted by Gasteiger charge is -2.18. The third-order valence-corrected chi connectivity index (χ3v) is 1.89. The summed E-state index contributed by atoms with van der Waals surface area (Å²) in [5.74, 6) is 0. The minimum Gasteiger partial charge on any atom is -0.339 e. The van der Waals surface area contributed by atoms with Gasteiger partial charge in [-0.1, -0.05) is 11.6 Å². The van der Waals surface area contributed by atoms with Crippen LogP contribution in [0.3, 0.4) is 0 Å². The predicted octanol–water partition coefficient (Wildman–Crippen LogP) is 2.05. The van der Waals surface area contributed by atoms with E-state index in [0.29, 0.717) is 10.7 Å². The molecule has 0 aliphatic rings. The van der Waals surface area contributed by atoms with Gasteiger partial charge in [0.2, 0.25) is 0 Å². The van der Waals surface area contributed by atoms with Crippen LogP contribution in [0.1, 0.15) is 0 Å². The van der Waals surface area contributed by atoms with Gasteiger partial charge in [-0.05, 0) is 24.3 Å². The third-order valence-electron chi connectivity index (χ3n) is 1.64. The highest BCUT2D eigenvalue weighted by molar-refractivity contribution is 6.30. The molecule has 76 valence electrons. The Bertz CT molecular complexity index is 313. The summed E-state index contributed by atoms with van der Waals surface area (Å²) in [4.78, 5) is 16.2. The molecule has 0 heterocycles. The van der Waals surface area contributed by atoms with E-state index < -0.39 is 0 Å². The van der Waals surface area contributed by atoms with Crippen molar-refractivity contribution in [1.29, 1.82) is 0 Å². The number of nitrogens with one attached hydrogen (secondary N) is 1. The van der Waals surface area contributed by atoms with E-state index in [1.54, 1.807) is 24.3 Å². The maximum atomic E-state index is 11.3. The lowest BCUT2D eigenvalue weighted by molar-refractivity contribution is 0.164. The highest BCUT2D eigenvalue weighted by Gasteiger charge is 2.12. The number of rotatable bonds is 2. The van der Waals surface area contributed by atoms with Crippen LogP contribution in [0.4, 0.5) is 10.5 Å². The molecular formula is C9H11ClN2O2. The fourth-order valence-electron chi connectivity index (χ4n) is 0.984. The first-order chi connectivity index (χ1) is 6.69. The Kier molecular flexibility index (Phi) is 3.73. The molecule has 0 spiro atoms. The average Bonchev–Trinajstić information content (AvgIpc) is 2.21. The van der Waals surface area contributed by atoms with Crippen molar-refractivity contribution in [2.24, 2.45) is 0 Å². The number of benzene rings is 1. The molecule has 1 rings (SSSR count). The molecule has 0 bridgehead atoms. The molecule has 0 saturated heterocycles. The van der Waals surface area contributed by atoms with Crippen molar-refractivity contribution < 1.29 is 9.63 Å². The van der Waals surface area contributed by atoms with Crippen molar-refractivity contribution in [3.8, 4) is 0 Å². The number of halogens is 1. The summed E-state index contributed by atoms with van der Waals surface area (Å²) in [6.07, 6.45) is 0. The lowest BCUT2D eigenvalue weighted by atomic mass is 10.3. The van der Waals surface area contributed by atoms with Crippen LogP contribution in [-0.4, -0.2) is 20.2 Å². The van der Waals surface area contributed by atoms with Crippen LogP contribution < -0.4 is 10.4 Å². The summed E-state index contributed by atoms with van der Waals surface area (Å²) in [7, 11) is 2.95. The minimum absolute atomic E-state index is 0.338. The van der Waals surface area contributed by atoms with Crippen molar-refractivity contribution in [2.45, 2.75) is 0 Å². The Morgan fingerprint density at radius 2 is 2.00 bits per heavy atom. The van der Waals surface area contributed by atoms with Crippen molar-refractivity contribution in [2.75, 3.05) is 19.2 Å². The van der Waals surface area contributed by atoms with Crippen LogP contribution in [0.15, 0.2) is 24.3 Å². The van der Waals surface area contributed by atoms with Gasteiger partial charge in [0.25, 0.3) is 0 Å². The van der Waals surface area contributed by atoms with Gasteiger partial charge in [-0.2, -0.15) is 5.06 Å². The minimum atomic E-state index is -0.338. The van der Waals surface area contributed by atoms with E-state index in [4.69, 9.17) is 16.4 Å². The average molecular weight is 215 g/mol. The number of nitrogens with zero attached hydrogens (tertiary/aromatic N) is 1. The maximum Gasteiger partial charge on any atom is 0.345 e. The second-order valence-corrected chi connectivity index (χ2v) is 2.94. The van der Waals surface area contributed by atoms with Gasteiger partial charge < -0.3 is 5.32 Å². The number of amides is 2. The summed E-state index contributed by atoms with van der Waals surface area (Å²) in [6, 6.07) is 6.43. The number of carbonyl (C=O) groups is 1. The van der Waals surface area contributed by atoms with E-state index in [2.05, 4.69) is 5.32 Å². The lowest BCUT2D eigenvalue weighted by Crippen LogP contribution is -2.37. The zero-order valence-electron chi connectivity index (χ0n) is 7.95. The van der Waals surface area contributed by atoms with Crippen molar-refractivity contribution >= 4 is 23.3 Å². The van der Waals surface area contributed by atoms with Crippen LogP contribution in [0, 0.1) is 0 Å². The van der Waals surface area contributed by atoms with Crippen molar-refractivity contribution in [3.63, 3.8) is 0 Å². The molecule has 0 radical (unpaired) electrons. The maximum absolute atomic E-state index is 11.3. The Morgan fingerprint density at radius 1 is 1.43 bits per heavy atom. The molecule has 4 nitrogen and oxygen atoms in total. The molecule has 0 aromatic heterocycles. The molecular weight excluding hydrogens is 204 g/mol. The van der Waals surface area contributed by atoms with Gasteiger partial charge in [0.1, 0.15) is 0 Å². The standard InChI is InChI=1S/C9H11ClN2O2/c1-11-9(13)12(14-2)8-5-3-7(10)4-6-8/h3-6H,1-2H3,(H,11,13). The zero-order chi connectivity index (χ0) is 10.6. The van der Waals surface area contributed by atoms with Crippen LogP contribution in [0.5, 0.6) is 0 Å². The van der Waals surface area contributed by atoms with Gasteiger partial charge in [0.05, 0.1) is 12.8 Å². The van der Waals surface area contributed by atoms with E-state index in [0.717, 1.165) is 5.06 Å². The van der Waals surface area contributed by atoms with E-state index in [9.17, 15) is 4.79 Å². The normalized spacial score (nSPS) is 9.64. The zero-order valence-corrected chi connectivity index (χ0v) is 8.71. The Balaban J connectivity index is 2.89.